The van der Waals surface area contributed by atoms with Crippen molar-refractivity contribution < 1.29 is 16.4 Å². The van der Waals surface area contributed by atoms with E-state index in [-0.39, 0.29) is 12.1 Å². The molecule has 0 unspecified atom stereocenters. The van der Waals surface area contributed by atoms with Crippen LogP contribution in [-0.2, 0) is 17.4 Å². The molecule has 0 amide bonds. The molecule has 112 valence electrons. The topological polar surface area (TPSA) is 78.3 Å². The van der Waals surface area contributed by atoms with Gasteiger partial charge >= 0.3 is 0 Å². The number of nitrogens with zero attached hydrogens (tertiary/aromatic N) is 5. The van der Waals surface area contributed by atoms with Crippen molar-refractivity contribution in [3.8, 4) is 12.1 Å². The molecule has 5 heteroatoms. The number of hydrogen-bond acceptors (Lipinski definition) is 4. The average Bonchev–Trinajstić information content (AvgIpc) is 3.11. The minimum absolute atomic E-state index is 0.0132. The predicted octanol–water partition coefficient (Wildman–Crippen LogP) is 2.93. The number of rotatable bonds is 4. The molecule has 0 bridgehead atoms. The first kappa shape index (κ1) is 6.22. The molecule has 0 N–H and O–H groups in total. The first-order chi connectivity index (χ1) is 15.3. The second-order valence-electron chi connectivity index (χ2n) is 4.74. The average molecular weight is 305 g/mol. The van der Waals surface area contributed by atoms with Gasteiger partial charge in [-0.3, -0.25) is 0 Å². The minimum atomic E-state index is -3.44. The first-order valence-corrected chi connectivity index (χ1v) is 6.08. The summed E-state index contributed by atoms with van der Waals surface area (Å²) < 4.78 is 95.4. The van der Waals surface area contributed by atoms with Gasteiger partial charge in [0.25, 0.3) is 0 Å². The summed E-state index contributed by atoms with van der Waals surface area (Å²) in [6.45, 7) is -14.0. The fourth-order valence-corrected chi connectivity index (χ4v) is 1.85. The van der Waals surface area contributed by atoms with Crippen LogP contribution in [0.2, 0.25) is 0 Å². The van der Waals surface area contributed by atoms with Crippen molar-refractivity contribution in [2.45, 2.75) is 44.8 Å². The van der Waals surface area contributed by atoms with Crippen LogP contribution in [0.25, 0.3) is 0 Å². The molecular formula is C17H19N5. The van der Waals surface area contributed by atoms with Crippen molar-refractivity contribution in [3.63, 3.8) is 0 Å². The van der Waals surface area contributed by atoms with E-state index in [9.17, 15) is 10.5 Å². The third kappa shape index (κ3) is 3.15. The third-order valence-electron chi connectivity index (χ3n) is 3.01. The highest BCUT2D eigenvalue weighted by molar-refractivity contribution is 5.42. The zero-order chi connectivity index (χ0) is 26.4. The standard InChI is InChI=1S/C17H19N5/c1-16(2,9-18)14-5-13(8-22-12-20-11-21-22)6-15(7-14)17(3,4)10-19/h5-7,11-12H,8H2,1-4H3/i1D3,2D3,3D3,4D3. The van der Waals surface area contributed by atoms with Crippen LogP contribution >= 0.6 is 0 Å². The molecule has 0 spiro atoms. The van der Waals surface area contributed by atoms with E-state index in [0.29, 0.717) is 6.07 Å². The fourth-order valence-electron chi connectivity index (χ4n) is 1.85. The maximum Gasteiger partial charge on any atom is 0.137 e. The Hall–Kier alpha value is -2.66. The fraction of sp³-hybridized carbons (Fsp3) is 0.412. The highest BCUT2D eigenvalue weighted by atomic mass is 15.3. The van der Waals surface area contributed by atoms with Crippen LogP contribution < -0.4 is 0 Å². The van der Waals surface area contributed by atoms with Crippen molar-refractivity contribution in [1.29, 1.82) is 10.5 Å². The van der Waals surface area contributed by atoms with Gasteiger partial charge in [0.1, 0.15) is 12.7 Å². The lowest BCUT2D eigenvalue weighted by molar-refractivity contribution is 0.646. The van der Waals surface area contributed by atoms with Crippen molar-refractivity contribution in [3.05, 3.63) is 47.5 Å². The summed E-state index contributed by atoms with van der Waals surface area (Å²) in [5.41, 5.74) is -7.64. The van der Waals surface area contributed by atoms with Gasteiger partial charge in [-0.1, -0.05) is 18.2 Å². The number of benzene rings is 1. The van der Waals surface area contributed by atoms with E-state index in [1.165, 1.54) is 29.5 Å². The molecule has 0 fully saturated rings. The number of aromatic nitrogens is 3. The van der Waals surface area contributed by atoms with Gasteiger partial charge in [0, 0.05) is 16.4 Å². The smallest absolute Gasteiger partial charge is 0.137 e. The molecule has 1 aromatic heterocycles. The molecule has 0 saturated heterocycles. The van der Waals surface area contributed by atoms with Crippen LogP contribution in [-0.4, -0.2) is 14.8 Å². The summed E-state index contributed by atoms with van der Waals surface area (Å²) in [6, 6.07) is 5.50. The van der Waals surface area contributed by atoms with Crippen LogP contribution in [0.5, 0.6) is 0 Å². The Morgan fingerprint density at radius 3 is 2.09 bits per heavy atom. The third-order valence-corrected chi connectivity index (χ3v) is 3.01. The Kier molecular flexibility index (Phi) is 1.59. The SMILES string of the molecule is [2H]C([2H])([2H])C(C#N)(c1cc(Cn2cncn2)cc(C(C#N)(C([2H])([2H])[2H])C([2H])([2H])[2H])c1)C([2H])([2H])[2H]. The molecule has 22 heavy (non-hydrogen) atoms. The van der Waals surface area contributed by atoms with Crippen LogP contribution in [0, 0.1) is 22.7 Å². The van der Waals surface area contributed by atoms with E-state index < -0.39 is 49.4 Å². The summed E-state index contributed by atoms with van der Waals surface area (Å²) in [5, 5.41) is 23.5. The van der Waals surface area contributed by atoms with Gasteiger partial charge in [-0.25, -0.2) is 9.67 Å². The molecule has 0 aliphatic heterocycles. The summed E-state index contributed by atoms with van der Waals surface area (Å²) >= 11 is 0. The molecule has 1 heterocycles. The molecule has 0 aliphatic rings. The lowest BCUT2D eigenvalue weighted by Gasteiger charge is -2.23. The van der Waals surface area contributed by atoms with Crippen LogP contribution in [0.3, 0.4) is 0 Å². The maximum absolute atomic E-state index is 9.83. The molecular weight excluding hydrogens is 274 g/mol. The van der Waals surface area contributed by atoms with E-state index in [2.05, 4.69) is 10.1 Å². The van der Waals surface area contributed by atoms with Gasteiger partial charge in [0.2, 0.25) is 0 Å². The maximum atomic E-state index is 9.83. The second kappa shape index (κ2) is 5.61. The zero-order valence-corrected chi connectivity index (χ0v) is 11.3. The van der Waals surface area contributed by atoms with E-state index in [1.54, 1.807) is 0 Å². The van der Waals surface area contributed by atoms with Gasteiger partial charge in [-0.2, -0.15) is 15.6 Å². The first-order valence-electron chi connectivity index (χ1n) is 12.1. The van der Waals surface area contributed by atoms with Gasteiger partial charge < -0.3 is 0 Å². The normalized spacial score (nSPS) is 22.1. The molecule has 2 aromatic rings. The predicted molar refractivity (Wildman–Crippen MR) is 82.8 cm³/mol. The van der Waals surface area contributed by atoms with E-state index in [0.717, 1.165) is 12.1 Å². The number of nitriles is 2. The monoisotopic (exact) mass is 305 g/mol. The van der Waals surface area contributed by atoms with Gasteiger partial charge in [-0.15, -0.1) is 0 Å². The highest BCUT2D eigenvalue weighted by Crippen LogP contribution is 2.30. The second-order valence-corrected chi connectivity index (χ2v) is 4.74. The lowest BCUT2D eigenvalue weighted by Crippen LogP contribution is -2.20. The van der Waals surface area contributed by atoms with Crippen molar-refractivity contribution >= 4 is 0 Å². The van der Waals surface area contributed by atoms with Crippen molar-refractivity contribution in [1.82, 2.24) is 14.8 Å². The molecule has 0 atom stereocenters. The van der Waals surface area contributed by atoms with E-state index >= 15 is 0 Å². The van der Waals surface area contributed by atoms with Gasteiger partial charge in [0.15, 0.2) is 0 Å². The Morgan fingerprint density at radius 2 is 1.68 bits per heavy atom. The van der Waals surface area contributed by atoms with Gasteiger partial charge in [-0.05, 0) is 44.1 Å². The Balaban J connectivity index is 3.07. The summed E-state index contributed by atoms with van der Waals surface area (Å²) in [5.74, 6) is 0. The molecule has 0 saturated carbocycles. The zero-order valence-electron chi connectivity index (χ0n) is 23.3. The van der Waals surface area contributed by atoms with Crippen molar-refractivity contribution in [2.24, 2.45) is 0 Å². The summed E-state index contributed by atoms with van der Waals surface area (Å²) in [4.78, 5) is 3.74. The molecule has 5 nitrogen and oxygen atoms in total. The Morgan fingerprint density at radius 1 is 1.09 bits per heavy atom. The largest absolute Gasteiger partial charge is 0.249 e. The van der Waals surface area contributed by atoms with Crippen LogP contribution in [0.15, 0.2) is 30.9 Å². The van der Waals surface area contributed by atoms with Gasteiger partial charge in [0.05, 0.1) is 29.5 Å². The molecule has 0 aliphatic carbocycles. The Labute approximate surface area is 147 Å². The molecule has 1 aromatic carbocycles. The molecule has 2 rings (SSSR count). The van der Waals surface area contributed by atoms with E-state index in [4.69, 9.17) is 16.4 Å². The van der Waals surface area contributed by atoms with E-state index in [1.807, 2.05) is 0 Å². The Bertz CT molecular complexity index is 1010. The minimum Gasteiger partial charge on any atom is -0.249 e. The lowest BCUT2D eigenvalue weighted by atomic mass is 9.79. The highest BCUT2D eigenvalue weighted by Gasteiger charge is 2.26. The summed E-state index contributed by atoms with van der Waals surface area (Å²) in [7, 11) is 0. The van der Waals surface area contributed by atoms with Crippen molar-refractivity contribution in [2.75, 3.05) is 0 Å². The quantitative estimate of drug-likeness (QED) is 0.870. The van der Waals surface area contributed by atoms with Crippen LogP contribution in [0.4, 0.5) is 0 Å². The molecule has 0 radical (unpaired) electrons. The van der Waals surface area contributed by atoms with Crippen LogP contribution in [0.1, 0.15) is 60.5 Å². The number of hydrogen-bond donors (Lipinski definition) is 0. The summed E-state index contributed by atoms with van der Waals surface area (Å²) in [6.07, 6.45) is 2.42.